The van der Waals surface area contributed by atoms with E-state index in [0.29, 0.717) is 5.11 Å². The maximum atomic E-state index is 5.51. The number of nitrogens with zero attached hydrogens (tertiary/aromatic N) is 1. The summed E-state index contributed by atoms with van der Waals surface area (Å²) >= 11 is 10.2. The summed E-state index contributed by atoms with van der Waals surface area (Å²) in [7, 11) is 0. The zero-order valence-corrected chi connectivity index (χ0v) is 13.8. The van der Waals surface area contributed by atoms with E-state index in [4.69, 9.17) is 17.0 Å². The van der Waals surface area contributed by atoms with Crippen LogP contribution in [0.4, 0.5) is 0 Å². The molecule has 1 aliphatic heterocycles. The lowest BCUT2D eigenvalue weighted by molar-refractivity contribution is 0.114. The fraction of sp³-hybridized carbons (Fsp3) is 0.500. The van der Waals surface area contributed by atoms with Crippen LogP contribution in [0.5, 0.6) is 0 Å². The van der Waals surface area contributed by atoms with Crippen LogP contribution in [0.2, 0.25) is 0 Å². The lowest BCUT2D eigenvalue weighted by Crippen LogP contribution is -2.37. The van der Waals surface area contributed by atoms with Gasteiger partial charge >= 0.3 is 0 Å². The van der Waals surface area contributed by atoms with Gasteiger partial charge in [-0.3, -0.25) is 5.43 Å². The first-order chi connectivity index (χ1) is 9.15. The lowest BCUT2D eigenvalue weighted by atomic mass is 10.2. The van der Waals surface area contributed by atoms with E-state index in [1.54, 1.807) is 11.3 Å². The predicted molar refractivity (Wildman–Crippen MR) is 86.9 cm³/mol. The molecule has 1 saturated heterocycles. The van der Waals surface area contributed by atoms with Gasteiger partial charge in [-0.1, -0.05) is 0 Å². The summed E-state index contributed by atoms with van der Waals surface area (Å²) in [6.45, 7) is 3.55. The molecule has 0 radical (unpaired) electrons. The highest BCUT2D eigenvalue weighted by Crippen LogP contribution is 2.22. The number of hydrazone groups is 1. The highest BCUT2D eigenvalue weighted by molar-refractivity contribution is 9.11. The van der Waals surface area contributed by atoms with Crippen LogP contribution in [-0.2, 0) is 4.74 Å². The predicted octanol–water partition coefficient (Wildman–Crippen LogP) is 2.88. The van der Waals surface area contributed by atoms with Crippen LogP contribution in [0.1, 0.15) is 24.6 Å². The Balaban J connectivity index is 1.75. The molecule has 0 aromatic carbocycles. The minimum Gasteiger partial charge on any atom is -0.376 e. The van der Waals surface area contributed by atoms with Crippen molar-refractivity contribution >= 4 is 50.3 Å². The molecule has 2 rings (SSSR count). The summed E-state index contributed by atoms with van der Waals surface area (Å²) in [6, 6.07) is 4.03. The average Bonchev–Trinajstić information content (AvgIpc) is 3.04. The normalized spacial score (nSPS) is 19.5. The maximum Gasteiger partial charge on any atom is 0.187 e. The lowest BCUT2D eigenvalue weighted by Gasteiger charge is -2.12. The molecular formula is C12H16BrN3OS2. The van der Waals surface area contributed by atoms with Gasteiger partial charge in [0.15, 0.2) is 5.11 Å². The first kappa shape index (κ1) is 14.9. The minimum atomic E-state index is 0.276. The van der Waals surface area contributed by atoms with Crippen molar-refractivity contribution in [2.24, 2.45) is 5.10 Å². The van der Waals surface area contributed by atoms with Crippen LogP contribution in [0.3, 0.4) is 0 Å². The summed E-state index contributed by atoms with van der Waals surface area (Å²) in [5.74, 6) is 0. The van der Waals surface area contributed by atoms with Gasteiger partial charge in [0, 0.05) is 13.2 Å². The first-order valence-electron chi connectivity index (χ1n) is 6.10. The molecule has 1 aliphatic rings. The molecule has 0 aliphatic carbocycles. The van der Waals surface area contributed by atoms with E-state index in [2.05, 4.69) is 31.8 Å². The van der Waals surface area contributed by atoms with Crippen molar-refractivity contribution in [1.82, 2.24) is 10.7 Å². The third kappa shape index (κ3) is 4.83. The Labute approximate surface area is 130 Å². The molecule has 1 atom stereocenters. The van der Waals surface area contributed by atoms with E-state index in [0.717, 1.165) is 40.4 Å². The van der Waals surface area contributed by atoms with Crippen molar-refractivity contribution in [3.8, 4) is 0 Å². The van der Waals surface area contributed by atoms with Gasteiger partial charge in [0.25, 0.3) is 0 Å². The molecule has 1 aromatic heterocycles. The zero-order valence-electron chi connectivity index (χ0n) is 10.6. The monoisotopic (exact) mass is 361 g/mol. The Morgan fingerprint density at radius 1 is 1.63 bits per heavy atom. The molecule has 19 heavy (non-hydrogen) atoms. The number of thiocarbonyl (C=S) groups is 1. The van der Waals surface area contributed by atoms with Crippen LogP contribution >= 0.6 is 39.5 Å². The summed E-state index contributed by atoms with van der Waals surface area (Å²) in [4.78, 5) is 1.11. The Kier molecular flexibility index (Phi) is 5.75. The van der Waals surface area contributed by atoms with Crippen LogP contribution in [0.25, 0.3) is 0 Å². The fourth-order valence-electron chi connectivity index (χ4n) is 1.75. The van der Waals surface area contributed by atoms with Crippen LogP contribution in [-0.4, -0.2) is 30.1 Å². The molecule has 4 nitrogen and oxygen atoms in total. The second-order valence-electron chi connectivity index (χ2n) is 4.26. The molecular weight excluding hydrogens is 346 g/mol. The molecule has 104 valence electrons. The smallest absolute Gasteiger partial charge is 0.187 e. The molecule has 1 aromatic rings. The van der Waals surface area contributed by atoms with Crippen molar-refractivity contribution < 1.29 is 4.74 Å². The van der Waals surface area contributed by atoms with Gasteiger partial charge in [-0.2, -0.15) is 5.10 Å². The Hall–Kier alpha value is -0.500. The quantitative estimate of drug-likeness (QED) is 0.491. The highest BCUT2D eigenvalue weighted by Gasteiger charge is 2.15. The van der Waals surface area contributed by atoms with Gasteiger partial charge in [-0.25, -0.2) is 0 Å². The molecule has 0 amide bonds. The van der Waals surface area contributed by atoms with Gasteiger partial charge in [0.05, 0.1) is 20.5 Å². The number of nitrogens with one attached hydrogen (secondary N) is 2. The minimum absolute atomic E-state index is 0.276. The van der Waals surface area contributed by atoms with Crippen molar-refractivity contribution in [2.75, 3.05) is 13.2 Å². The molecule has 0 unspecified atom stereocenters. The third-order valence-corrected chi connectivity index (χ3v) is 4.74. The highest BCUT2D eigenvalue weighted by atomic mass is 79.9. The summed E-state index contributed by atoms with van der Waals surface area (Å²) < 4.78 is 6.61. The Morgan fingerprint density at radius 3 is 3.11 bits per heavy atom. The number of hydrogen-bond donors (Lipinski definition) is 2. The van der Waals surface area contributed by atoms with Gasteiger partial charge in [0.2, 0.25) is 0 Å². The number of thiophene rings is 1. The molecule has 1 fully saturated rings. The first-order valence-corrected chi connectivity index (χ1v) is 8.12. The molecule has 7 heteroatoms. The van der Waals surface area contributed by atoms with Crippen molar-refractivity contribution in [1.29, 1.82) is 0 Å². The topological polar surface area (TPSA) is 45.7 Å². The largest absolute Gasteiger partial charge is 0.376 e. The van der Waals surface area contributed by atoms with Crippen molar-refractivity contribution in [3.63, 3.8) is 0 Å². The van der Waals surface area contributed by atoms with E-state index < -0.39 is 0 Å². The van der Waals surface area contributed by atoms with E-state index in [9.17, 15) is 0 Å². The van der Waals surface area contributed by atoms with E-state index in [1.807, 2.05) is 19.1 Å². The van der Waals surface area contributed by atoms with Crippen LogP contribution in [0, 0.1) is 0 Å². The molecule has 2 N–H and O–H groups in total. The van der Waals surface area contributed by atoms with Crippen molar-refractivity contribution in [3.05, 3.63) is 20.8 Å². The van der Waals surface area contributed by atoms with Gasteiger partial charge < -0.3 is 10.1 Å². The summed E-state index contributed by atoms with van der Waals surface area (Å²) in [5, 5.41) is 7.92. The standard InChI is InChI=1S/C12H16BrN3OS2/c1-8(10-4-5-11(13)19-10)15-16-12(18)14-7-9-3-2-6-17-9/h4-5,9H,2-3,6-7H2,1H3,(H2,14,16,18)/b15-8-/t9-/m0/s1. The Morgan fingerprint density at radius 2 is 2.47 bits per heavy atom. The van der Waals surface area contributed by atoms with Gasteiger partial charge in [0.1, 0.15) is 0 Å². The fourth-order valence-corrected chi connectivity index (χ4v) is 3.21. The molecule has 0 spiro atoms. The van der Waals surface area contributed by atoms with Crippen LogP contribution < -0.4 is 10.7 Å². The SMILES string of the molecule is C/C(=N/NC(=S)NC[C@@H]1CCCO1)c1ccc(Br)s1. The van der Waals surface area contributed by atoms with Gasteiger partial charge in [-0.05, 0) is 60.0 Å². The van der Waals surface area contributed by atoms with E-state index in [-0.39, 0.29) is 6.10 Å². The van der Waals surface area contributed by atoms with Crippen molar-refractivity contribution in [2.45, 2.75) is 25.9 Å². The molecule has 2 heterocycles. The summed E-state index contributed by atoms with van der Waals surface area (Å²) in [5.41, 5.74) is 3.77. The Bertz CT molecular complexity index is 469. The number of ether oxygens (including phenoxy) is 1. The van der Waals surface area contributed by atoms with E-state index >= 15 is 0 Å². The van der Waals surface area contributed by atoms with E-state index in [1.165, 1.54) is 0 Å². The number of hydrogen-bond acceptors (Lipinski definition) is 4. The number of rotatable bonds is 4. The molecule has 0 bridgehead atoms. The molecule has 0 saturated carbocycles. The third-order valence-electron chi connectivity index (χ3n) is 2.77. The zero-order chi connectivity index (χ0) is 13.7. The number of halogens is 1. The second-order valence-corrected chi connectivity index (χ2v) is 7.13. The second kappa shape index (κ2) is 7.33. The van der Waals surface area contributed by atoms with Crippen LogP contribution in [0.15, 0.2) is 21.0 Å². The summed E-state index contributed by atoms with van der Waals surface area (Å²) in [6.07, 6.45) is 2.51. The maximum absolute atomic E-state index is 5.51. The van der Waals surface area contributed by atoms with Gasteiger partial charge in [-0.15, -0.1) is 11.3 Å². The average molecular weight is 362 g/mol.